The monoisotopic (exact) mass is 478 g/mol. The van der Waals surface area contributed by atoms with E-state index in [9.17, 15) is 26.7 Å². The van der Waals surface area contributed by atoms with Crippen LogP contribution in [-0.4, -0.2) is 48.9 Å². The first-order valence-electron chi connectivity index (χ1n) is 10.6. The normalized spacial score (nSPS) is 21.8. The third kappa shape index (κ3) is 3.66. The minimum atomic E-state index is -4.70. The number of nitrogens with zero attached hydrogens (tertiary/aromatic N) is 5. The molecule has 3 aromatic rings. The summed E-state index contributed by atoms with van der Waals surface area (Å²) in [5.41, 5.74) is -0.810. The largest absolute Gasteiger partial charge is 0.417 e. The molecule has 0 radical (unpaired) electrons. The first-order valence-corrected chi connectivity index (χ1v) is 10.6. The fraction of sp³-hybridized carbons (Fsp3) is 0.364. The number of nitrogens with one attached hydrogen (secondary N) is 1. The summed E-state index contributed by atoms with van der Waals surface area (Å²) in [6.45, 7) is 1.57. The highest BCUT2D eigenvalue weighted by molar-refractivity contribution is 5.98. The lowest BCUT2D eigenvalue weighted by Gasteiger charge is -2.26. The molecule has 3 atom stereocenters. The second-order valence-electron chi connectivity index (χ2n) is 8.46. The Bertz CT molecular complexity index is 1250. The fourth-order valence-corrected chi connectivity index (χ4v) is 4.84. The molecule has 0 aliphatic carbocycles. The highest BCUT2D eigenvalue weighted by Gasteiger charge is 2.49. The molecule has 2 aliphatic rings. The van der Waals surface area contributed by atoms with Gasteiger partial charge in [-0.1, -0.05) is 6.07 Å². The minimum absolute atomic E-state index is 0.0544. The van der Waals surface area contributed by atoms with Crippen molar-refractivity contribution in [1.29, 1.82) is 0 Å². The van der Waals surface area contributed by atoms with Crippen molar-refractivity contribution >= 4 is 11.7 Å². The van der Waals surface area contributed by atoms with Gasteiger partial charge in [0.25, 0.3) is 5.91 Å². The number of hydrogen-bond donors (Lipinski definition) is 1. The molecule has 12 heteroatoms. The van der Waals surface area contributed by atoms with Gasteiger partial charge < -0.3 is 10.2 Å². The van der Waals surface area contributed by atoms with Crippen LogP contribution in [0.15, 0.2) is 36.8 Å². The summed E-state index contributed by atoms with van der Waals surface area (Å²) in [5, 5.41) is 10.8. The van der Waals surface area contributed by atoms with E-state index in [2.05, 4.69) is 20.5 Å². The van der Waals surface area contributed by atoms with Gasteiger partial charge in [-0.3, -0.25) is 4.79 Å². The molecule has 2 fully saturated rings. The van der Waals surface area contributed by atoms with Gasteiger partial charge in [0.15, 0.2) is 17.5 Å². The molecule has 2 bridgehead atoms. The Kier molecular flexibility index (Phi) is 5.25. The average molecular weight is 478 g/mol. The number of benzene rings is 1. The summed E-state index contributed by atoms with van der Waals surface area (Å²) in [4.78, 5) is 19.9. The SMILES string of the molecule is Cc1ccc(C(=O)N2[C@@H]3CC[C@H]2[C@H](Nc2ncc(C(F)(F)F)cc2F)C3)c(-n2nccn2)c1F. The molecule has 1 amide bonds. The predicted molar refractivity (Wildman–Crippen MR) is 110 cm³/mol. The van der Waals surface area contributed by atoms with Gasteiger partial charge >= 0.3 is 6.18 Å². The van der Waals surface area contributed by atoms with E-state index < -0.39 is 35.3 Å². The maximum atomic E-state index is 15.0. The maximum absolute atomic E-state index is 15.0. The molecule has 1 aromatic carbocycles. The maximum Gasteiger partial charge on any atom is 0.417 e. The number of amides is 1. The number of aromatic nitrogens is 4. The zero-order valence-corrected chi connectivity index (χ0v) is 17.9. The molecular formula is C22H19F5N6O. The summed E-state index contributed by atoms with van der Waals surface area (Å²) >= 11 is 0. The molecule has 0 unspecified atom stereocenters. The molecule has 4 heterocycles. The molecule has 34 heavy (non-hydrogen) atoms. The molecule has 178 valence electrons. The highest BCUT2D eigenvalue weighted by atomic mass is 19.4. The van der Waals surface area contributed by atoms with Crippen LogP contribution in [0.4, 0.5) is 27.8 Å². The number of rotatable bonds is 4. The zero-order chi connectivity index (χ0) is 24.2. The Labute approximate surface area is 190 Å². The van der Waals surface area contributed by atoms with Gasteiger partial charge in [-0.2, -0.15) is 23.4 Å². The van der Waals surface area contributed by atoms with Crippen molar-refractivity contribution in [2.45, 2.75) is 50.5 Å². The van der Waals surface area contributed by atoms with Crippen LogP contribution in [0.3, 0.4) is 0 Å². The number of hydrogen-bond acceptors (Lipinski definition) is 5. The number of carbonyl (C=O) groups is 1. The third-order valence-corrected chi connectivity index (χ3v) is 6.42. The lowest BCUT2D eigenvalue weighted by molar-refractivity contribution is -0.138. The predicted octanol–water partition coefficient (Wildman–Crippen LogP) is 4.13. The Hall–Kier alpha value is -3.57. The van der Waals surface area contributed by atoms with Crippen LogP contribution >= 0.6 is 0 Å². The van der Waals surface area contributed by atoms with E-state index >= 15 is 0 Å². The van der Waals surface area contributed by atoms with Crippen molar-refractivity contribution in [1.82, 2.24) is 24.9 Å². The van der Waals surface area contributed by atoms with Gasteiger partial charge in [0.05, 0.1) is 35.6 Å². The molecular weight excluding hydrogens is 459 g/mol. The number of aryl methyl sites for hydroxylation is 1. The third-order valence-electron chi connectivity index (χ3n) is 6.42. The van der Waals surface area contributed by atoms with Gasteiger partial charge in [-0.05, 0) is 43.9 Å². The summed E-state index contributed by atoms with van der Waals surface area (Å²) in [6, 6.07) is 2.47. The Balaban J connectivity index is 1.42. The number of alkyl halides is 3. The lowest BCUT2D eigenvalue weighted by atomic mass is 9.95. The van der Waals surface area contributed by atoms with Crippen LogP contribution < -0.4 is 5.32 Å². The van der Waals surface area contributed by atoms with Crippen LogP contribution in [0.25, 0.3) is 5.69 Å². The lowest BCUT2D eigenvalue weighted by Crippen LogP contribution is -2.40. The molecule has 5 rings (SSSR count). The van der Waals surface area contributed by atoms with Crippen molar-refractivity contribution in [2.75, 3.05) is 5.32 Å². The number of anilines is 1. The van der Waals surface area contributed by atoms with Gasteiger partial charge in [-0.15, -0.1) is 4.80 Å². The highest BCUT2D eigenvalue weighted by Crippen LogP contribution is 2.41. The zero-order valence-electron chi connectivity index (χ0n) is 17.9. The Morgan fingerprint density at radius 3 is 2.56 bits per heavy atom. The molecule has 0 spiro atoms. The van der Waals surface area contributed by atoms with E-state index in [0.29, 0.717) is 37.1 Å². The van der Waals surface area contributed by atoms with Crippen molar-refractivity contribution in [3.63, 3.8) is 0 Å². The second-order valence-corrected chi connectivity index (χ2v) is 8.46. The van der Waals surface area contributed by atoms with Crippen LogP contribution in [0.1, 0.15) is 40.7 Å². The standard InChI is InChI=1S/C22H19F5N6O/c1-11-2-4-14(19(18(11)24)33-29-6-7-30-33)21(34)32-13-3-5-17(32)16(9-13)31-20-15(23)8-12(10-28-20)22(25,26)27/h2,4,6-8,10,13,16-17H,3,5,9H2,1H3,(H,28,31)/t13-,16-,17+/m1/s1. The van der Waals surface area contributed by atoms with Gasteiger partial charge in [0.2, 0.25) is 0 Å². The minimum Gasteiger partial charge on any atom is -0.363 e. The van der Waals surface area contributed by atoms with Crippen molar-refractivity contribution in [2.24, 2.45) is 0 Å². The molecule has 2 saturated heterocycles. The number of carbonyl (C=O) groups excluding carboxylic acids is 1. The van der Waals surface area contributed by atoms with Gasteiger partial charge in [0, 0.05) is 12.2 Å². The van der Waals surface area contributed by atoms with E-state index in [-0.39, 0.29) is 29.2 Å². The van der Waals surface area contributed by atoms with Crippen molar-refractivity contribution in [3.05, 3.63) is 65.1 Å². The van der Waals surface area contributed by atoms with Crippen LogP contribution in [-0.2, 0) is 6.18 Å². The first-order chi connectivity index (χ1) is 16.1. The molecule has 1 N–H and O–H groups in total. The van der Waals surface area contributed by atoms with Crippen LogP contribution in [0, 0.1) is 18.6 Å². The molecule has 2 aromatic heterocycles. The average Bonchev–Trinajstić information content (AvgIpc) is 3.52. The summed E-state index contributed by atoms with van der Waals surface area (Å²) in [6.07, 6.45) is 0.401. The van der Waals surface area contributed by atoms with E-state index in [1.54, 1.807) is 11.8 Å². The van der Waals surface area contributed by atoms with Crippen LogP contribution in [0.5, 0.6) is 0 Å². The van der Waals surface area contributed by atoms with Gasteiger partial charge in [0.1, 0.15) is 5.69 Å². The Morgan fingerprint density at radius 1 is 1.15 bits per heavy atom. The molecule has 7 nitrogen and oxygen atoms in total. The fourth-order valence-electron chi connectivity index (χ4n) is 4.84. The number of halogens is 5. The van der Waals surface area contributed by atoms with Crippen LogP contribution in [0.2, 0.25) is 0 Å². The van der Waals surface area contributed by atoms with E-state index in [0.717, 1.165) is 4.80 Å². The summed E-state index contributed by atoms with van der Waals surface area (Å²) < 4.78 is 67.7. The van der Waals surface area contributed by atoms with Crippen molar-refractivity contribution < 1.29 is 26.7 Å². The smallest absolute Gasteiger partial charge is 0.363 e. The molecule has 2 aliphatic heterocycles. The van der Waals surface area contributed by atoms with Crippen molar-refractivity contribution in [3.8, 4) is 5.69 Å². The van der Waals surface area contributed by atoms with Gasteiger partial charge in [-0.25, -0.2) is 13.8 Å². The summed E-state index contributed by atoms with van der Waals surface area (Å²) in [5.74, 6) is -2.45. The topological polar surface area (TPSA) is 75.9 Å². The van der Waals surface area contributed by atoms with E-state index in [1.165, 1.54) is 24.5 Å². The quantitative estimate of drug-likeness (QED) is 0.571. The number of fused-ring (bicyclic) bond motifs is 2. The van der Waals surface area contributed by atoms with E-state index in [4.69, 9.17) is 0 Å². The first kappa shape index (κ1) is 22.2. The summed E-state index contributed by atoms with van der Waals surface area (Å²) in [7, 11) is 0. The molecule has 0 saturated carbocycles. The second kappa shape index (κ2) is 8.03. The Morgan fingerprint density at radius 2 is 1.88 bits per heavy atom. The number of pyridine rings is 1. The van der Waals surface area contributed by atoms with E-state index in [1.807, 2.05) is 0 Å².